The first-order valence-electron chi connectivity index (χ1n) is 7.13. The summed E-state index contributed by atoms with van der Waals surface area (Å²) in [6.07, 6.45) is 0.856. The smallest absolute Gasteiger partial charge is 0.218 e. The summed E-state index contributed by atoms with van der Waals surface area (Å²) < 4.78 is 26.6. The summed E-state index contributed by atoms with van der Waals surface area (Å²) in [7, 11) is -3.33. The highest BCUT2D eigenvalue weighted by molar-refractivity contribution is 7.88. The summed E-state index contributed by atoms with van der Waals surface area (Å²) in [5.74, 6) is 0.676. The van der Waals surface area contributed by atoms with Gasteiger partial charge in [0.25, 0.3) is 0 Å². The molecule has 114 valence electrons. The fourth-order valence-corrected chi connectivity index (χ4v) is 4.25. The number of nitrogens with two attached hydrogens (primary N) is 1. The molecule has 1 aliphatic heterocycles. The van der Waals surface area contributed by atoms with E-state index in [9.17, 15) is 8.42 Å². The number of hydrogen-bond donors (Lipinski definition) is 1. The second-order valence-electron chi connectivity index (χ2n) is 5.68. The Bertz CT molecular complexity index is 619. The normalized spacial score (nSPS) is 23.7. The third-order valence-corrected chi connectivity index (χ3v) is 6.02. The molecule has 2 N–H and O–H groups in total. The predicted molar refractivity (Wildman–Crippen MR) is 81.7 cm³/mol. The Morgan fingerprint density at radius 3 is 2.62 bits per heavy atom. The lowest BCUT2D eigenvalue weighted by molar-refractivity contribution is 0.203. The van der Waals surface area contributed by atoms with Gasteiger partial charge in [0.1, 0.15) is 0 Å². The van der Waals surface area contributed by atoms with E-state index in [1.54, 1.807) is 28.6 Å². The average molecular weight is 307 g/mol. The number of benzene rings is 1. The molecule has 0 bridgehead atoms. The van der Waals surface area contributed by atoms with E-state index in [0.717, 1.165) is 6.42 Å². The quantitative estimate of drug-likeness (QED) is 0.908. The highest BCUT2D eigenvalue weighted by Crippen LogP contribution is 2.25. The Morgan fingerprint density at radius 1 is 1.38 bits per heavy atom. The van der Waals surface area contributed by atoms with E-state index < -0.39 is 10.0 Å². The fraction of sp³-hybridized carbons (Fsp3) is 0.533. The van der Waals surface area contributed by atoms with Crippen LogP contribution < -0.4 is 5.73 Å². The fourth-order valence-electron chi connectivity index (χ4n) is 2.65. The maximum Gasteiger partial charge on any atom is 0.218 e. The molecule has 0 aromatic heterocycles. The topological polar surface area (TPSA) is 87.2 Å². The van der Waals surface area contributed by atoms with Gasteiger partial charge in [0.2, 0.25) is 10.0 Å². The molecule has 1 saturated heterocycles. The second kappa shape index (κ2) is 6.56. The molecule has 0 spiro atoms. The minimum absolute atomic E-state index is 0.0234. The van der Waals surface area contributed by atoms with E-state index in [1.807, 2.05) is 6.07 Å². The van der Waals surface area contributed by atoms with E-state index in [1.165, 1.54) is 0 Å². The first-order chi connectivity index (χ1) is 9.96. The molecule has 21 heavy (non-hydrogen) atoms. The Hall–Kier alpha value is -1.42. The van der Waals surface area contributed by atoms with Crippen molar-refractivity contribution in [1.29, 1.82) is 5.26 Å². The van der Waals surface area contributed by atoms with Crippen LogP contribution in [0.5, 0.6) is 0 Å². The molecule has 1 heterocycles. The third kappa shape index (κ3) is 3.82. The summed E-state index contributed by atoms with van der Waals surface area (Å²) in [4.78, 5) is 0. The van der Waals surface area contributed by atoms with E-state index in [0.29, 0.717) is 36.7 Å². The van der Waals surface area contributed by atoms with Crippen molar-refractivity contribution < 1.29 is 8.42 Å². The van der Waals surface area contributed by atoms with Crippen molar-refractivity contribution in [3.05, 3.63) is 35.4 Å². The number of rotatable bonds is 4. The highest BCUT2D eigenvalue weighted by atomic mass is 32.2. The van der Waals surface area contributed by atoms with Gasteiger partial charge in [0.15, 0.2) is 0 Å². The van der Waals surface area contributed by atoms with Crippen LogP contribution in [0.15, 0.2) is 24.3 Å². The number of nitrogens with zero attached hydrogens (tertiary/aromatic N) is 2. The van der Waals surface area contributed by atoms with Crippen molar-refractivity contribution in [2.75, 3.05) is 19.6 Å². The molecule has 5 nitrogen and oxygen atoms in total. The van der Waals surface area contributed by atoms with Gasteiger partial charge < -0.3 is 5.73 Å². The minimum atomic E-state index is -3.33. The zero-order valence-corrected chi connectivity index (χ0v) is 13.0. The molecular formula is C15H21N3O2S. The van der Waals surface area contributed by atoms with Crippen LogP contribution in [-0.4, -0.2) is 32.4 Å². The average Bonchev–Trinajstić information content (AvgIpc) is 2.48. The van der Waals surface area contributed by atoms with Gasteiger partial charge in [-0.3, -0.25) is 0 Å². The summed E-state index contributed by atoms with van der Waals surface area (Å²) in [6, 6.07) is 8.71. The zero-order valence-electron chi connectivity index (χ0n) is 12.2. The summed E-state index contributed by atoms with van der Waals surface area (Å²) >= 11 is 0. The van der Waals surface area contributed by atoms with E-state index in [-0.39, 0.29) is 11.7 Å². The highest BCUT2D eigenvalue weighted by Gasteiger charge is 2.32. The first-order valence-corrected chi connectivity index (χ1v) is 8.74. The molecular weight excluding hydrogens is 286 g/mol. The Balaban J connectivity index is 2.09. The van der Waals surface area contributed by atoms with Crippen molar-refractivity contribution in [3.63, 3.8) is 0 Å². The van der Waals surface area contributed by atoms with Crippen LogP contribution in [0.25, 0.3) is 0 Å². The number of sulfonamides is 1. The lowest BCUT2D eigenvalue weighted by Crippen LogP contribution is -2.45. The monoisotopic (exact) mass is 307 g/mol. The van der Waals surface area contributed by atoms with E-state index in [2.05, 4.69) is 6.92 Å². The van der Waals surface area contributed by atoms with Crippen LogP contribution in [0.1, 0.15) is 24.5 Å². The Kier molecular flexibility index (Phi) is 4.99. The largest absolute Gasteiger partial charge is 0.330 e. The SMILES string of the molecule is CC1CCN(S(=O)(=O)Cc2ccc(C#N)cc2)CC1CN. The van der Waals surface area contributed by atoms with E-state index >= 15 is 0 Å². The van der Waals surface area contributed by atoms with Crippen LogP contribution in [0.2, 0.25) is 0 Å². The Morgan fingerprint density at radius 2 is 2.05 bits per heavy atom. The van der Waals surface area contributed by atoms with Crippen LogP contribution in [-0.2, 0) is 15.8 Å². The van der Waals surface area contributed by atoms with Crippen molar-refractivity contribution >= 4 is 10.0 Å². The summed E-state index contributed by atoms with van der Waals surface area (Å²) in [5.41, 5.74) is 6.97. The maximum atomic E-state index is 12.5. The molecule has 1 aromatic rings. The van der Waals surface area contributed by atoms with Crippen LogP contribution in [0.3, 0.4) is 0 Å². The molecule has 0 radical (unpaired) electrons. The van der Waals surface area contributed by atoms with Crippen LogP contribution in [0, 0.1) is 23.2 Å². The lowest BCUT2D eigenvalue weighted by Gasteiger charge is -2.35. The summed E-state index contributed by atoms with van der Waals surface area (Å²) in [5, 5.41) is 8.76. The second-order valence-corrected chi connectivity index (χ2v) is 7.65. The van der Waals surface area contributed by atoms with Crippen molar-refractivity contribution in [2.24, 2.45) is 17.6 Å². The first kappa shape index (κ1) is 16.0. The van der Waals surface area contributed by atoms with Crippen molar-refractivity contribution in [1.82, 2.24) is 4.31 Å². The molecule has 0 aliphatic carbocycles. The standard InChI is InChI=1S/C15H21N3O2S/c1-12-6-7-18(10-15(12)9-17)21(19,20)11-14-4-2-13(8-16)3-5-14/h2-5,12,15H,6-7,9-11,17H2,1H3. The lowest BCUT2D eigenvalue weighted by atomic mass is 9.88. The zero-order chi connectivity index (χ0) is 15.5. The maximum absolute atomic E-state index is 12.5. The van der Waals surface area contributed by atoms with Gasteiger partial charge in [-0.2, -0.15) is 5.26 Å². The predicted octanol–water partition coefficient (Wildman–Crippen LogP) is 1.30. The number of nitriles is 1. The van der Waals surface area contributed by atoms with Gasteiger partial charge in [-0.1, -0.05) is 19.1 Å². The molecule has 1 aromatic carbocycles. The van der Waals surface area contributed by atoms with Crippen molar-refractivity contribution in [3.8, 4) is 6.07 Å². The summed E-state index contributed by atoms with van der Waals surface area (Å²) in [6.45, 7) is 3.72. The van der Waals surface area contributed by atoms with Gasteiger partial charge in [0.05, 0.1) is 17.4 Å². The van der Waals surface area contributed by atoms with Crippen LogP contribution >= 0.6 is 0 Å². The number of hydrogen-bond acceptors (Lipinski definition) is 4. The minimum Gasteiger partial charge on any atom is -0.330 e. The third-order valence-electron chi connectivity index (χ3n) is 4.20. The molecule has 0 saturated carbocycles. The number of piperidine rings is 1. The van der Waals surface area contributed by atoms with Crippen molar-refractivity contribution in [2.45, 2.75) is 19.1 Å². The molecule has 2 atom stereocenters. The molecule has 1 fully saturated rings. The van der Waals surface area contributed by atoms with Gasteiger partial charge in [0, 0.05) is 13.1 Å². The van der Waals surface area contributed by atoms with Gasteiger partial charge >= 0.3 is 0 Å². The van der Waals surface area contributed by atoms with Gasteiger partial charge in [-0.25, -0.2) is 12.7 Å². The molecule has 0 amide bonds. The molecule has 2 rings (SSSR count). The molecule has 2 unspecified atom stereocenters. The Labute approximate surface area is 126 Å². The van der Waals surface area contributed by atoms with E-state index in [4.69, 9.17) is 11.0 Å². The van der Waals surface area contributed by atoms with Crippen LogP contribution in [0.4, 0.5) is 0 Å². The van der Waals surface area contributed by atoms with Gasteiger partial charge in [-0.15, -0.1) is 0 Å². The molecule has 6 heteroatoms. The van der Waals surface area contributed by atoms with Gasteiger partial charge in [-0.05, 0) is 42.5 Å². The molecule has 1 aliphatic rings.